The van der Waals surface area contributed by atoms with E-state index in [1.54, 1.807) is 16.7 Å². The SMILES string of the molecule is O=C(Cc1csc(-c2cccs2)n1)NC(CCO)C(=O)O. The van der Waals surface area contributed by atoms with E-state index >= 15 is 0 Å². The molecule has 8 heteroatoms. The van der Waals surface area contributed by atoms with Gasteiger partial charge in [-0.2, -0.15) is 0 Å². The zero-order valence-corrected chi connectivity index (χ0v) is 12.6. The third kappa shape index (κ3) is 4.35. The minimum absolute atomic E-state index is 0.0153. The molecule has 0 aliphatic rings. The molecule has 1 atom stereocenters. The maximum absolute atomic E-state index is 11.8. The quantitative estimate of drug-likeness (QED) is 0.713. The van der Waals surface area contributed by atoms with Crippen molar-refractivity contribution in [3.63, 3.8) is 0 Å². The van der Waals surface area contributed by atoms with Crippen LogP contribution in [0.25, 0.3) is 9.88 Å². The molecule has 21 heavy (non-hydrogen) atoms. The smallest absolute Gasteiger partial charge is 0.326 e. The van der Waals surface area contributed by atoms with Gasteiger partial charge in [0.05, 0.1) is 17.0 Å². The van der Waals surface area contributed by atoms with Gasteiger partial charge in [0.25, 0.3) is 0 Å². The molecule has 3 N–H and O–H groups in total. The fourth-order valence-electron chi connectivity index (χ4n) is 1.70. The third-order valence-electron chi connectivity index (χ3n) is 2.68. The molecule has 0 fully saturated rings. The van der Waals surface area contributed by atoms with Crippen LogP contribution in [0.3, 0.4) is 0 Å². The number of hydrogen-bond donors (Lipinski definition) is 3. The van der Waals surface area contributed by atoms with Crippen molar-refractivity contribution in [2.24, 2.45) is 0 Å². The number of aliphatic carboxylic acids is 1. The lowest BCUT2D eigenvalue weighted by atomic mass is 10.2. The Labute approximate surface area is 129 Å². The van der Waals surface area contributed by atoms with Crippen molar-refractivity contribution in [2.45, 2.75) is 18.9 Å². The van der Waals surface area contributed by atoms with Gasteiger partial charge in [-0.05, 0) is 11.4 Å². The predicted molar refractivity (Wildman–Crippen MR) is 80.4 cm³/mol. The number of rotatable bonds is 7. The minimum Gasteiger partial charge on any atom is -0.480 e. The molecule has 2 aromatic heterocycles. The number of thiazole rings is 1. The van der Waals surface area contributed by atoms with Crippen LogP contribution in [0.15, 0.2) is 22.9 Å². The topological polar surface area (TPSA) is 99.5 Å². The van der Waals surface area contributed by atoms with Crippen molar-refractivity contribution in [1.29, 1.82) is 0 Å². The Balaban J connectivity index is 1.95. The van der Waals surface area contributed by atoms with Crippen LogP contribution in [0.1, 0.15) is 12.1 Å². The van der Waals surface area contributed by atoms with Crippen molar-refractivity contribution >= 4 is 34.6 Å². The summed E-state index contributed by atoms with van der Waals surface area (Å²) < 4.78 is 0. The van der Waals surface area contributed by atoms with E-state index in [0.717, 1.165) is 9.88 Å². The van der Waals surface area contributed by atoms with Crippen molar-refractivity contribution in [2.75, 3.05) is 6.61 Å². The second-order valence-corrected chi connectivity index (χ2v) is 6.07. The summed E-state index contributed by atoms with van der Waals surface area (Å²) in [6, 6.07) is 2.81. The van der Waals surface area contributed by atoms with Crippen molar-refractivity contribution in [3.05, 3.63) is 28.6 Å². The van der Waals surface area contributed by atoms with E-state index in [0.29, 0.717) is 5.69 Å². The predicted octanol–water partition coefficient (Wildman–Crippen LogP) is 1.37. The Bertz CT molecular complexity index is 609. The molecular weight excluding hydrogens is 312 g/mol. The van der Waals surface area contributed by atoms with Gasteiger partial charge in [-0.25, -0.2) is 9.78 Å². The molecule has 0 spiro atoms. The molecule has 0 aromatic carbocycles. The van der Waals surface area contributed by atoms with Crippen molar-refractivity contribution in [3.8, 4) is 9.88 Å². The van der Waals surface area contributed by atoms with Gasteiger partial charge < -0.3 is 15.5 Å². The molecule has 0 bridgehead atoms. The number of carboxylic acid groups (broad SMARTS) is 1. The number of aromatic nitrogens is 1. The van der Waals surface area contributed by atoms with E-state index in [4.69, 9.17) is 10.2 Å². The van der Waals surface area contributed by atoms with Crippen LogP contribution >= 0.6 is 22.7 Å². The fraction of sp³-hybridized carbons (Fsp3) is 0.308. The monoisotopic (exact) mass is 326 g/mol. The molecule has 0 radical (unpaired) electrons. The number of carboxylic acids is 1. The van der Waals surface area contributed by atoms with Gasteiger partial charge in [0.1, 0.15) is 11.0 Å². The van der Waals surface area contributed by atoms with E-state index in [2.05, 4.69) is 10.3 Å². The summed E-state index contributed by atoms with van der Waals surface area (Å²) in [6.45, 7) is -0.295. The summed E-state index contributed by atoms with van der Waals surface area (Å²) in [5.74, 6) is -1.58. The average molecular weight is 326 g/mol. The lowest BCUT2D eigenvalue weighted by Gasteiger charge is -2.12. The molecule has 1 unspecified atom stereocenters. The summed E-state index contributed by atoms with van der Waals surface area (Å²) in [5.41, 5.74) is 0.606. The first-order valence-electron chi connectivity index (χ1n) is 6.21. The van der Waals surface area contributed by atoms with Gasteiger partial charge in [-0.15, -0.1) is 22.7 Å². The Morgan fingerprint density at radius 1 is 1.38 bits per heavy atom. The first-order chi connectivity index (χ1) is 10.1. The highest BCUT2D eigenvalue weighted by Gasteiger charge is 2.19. The molecular formula is C13H14N2O4S2. The highest BCUT2D eigenvalue weighted by Crippen LogP contribution is 2.27. The summed E-state index contributed by atoms with van der Waals surface area (Å²) in [4.78, 5) is 28.1. The number of amides is 1. The van der Waals surface area contributed by atoms with Crippen LogP contribution in [-0.4, -0.2) is 39.7 Å². The van der Waals surface area contributed by atoms with Crippen LogP contribution in [0.5, 0.6) is 0 Å². The molecule has 0 saturated carbocycles. The van der Waals surface area contributed by atoms with Crippen LogP contribution in [0.4, 0.5) is 0 Å². The Hall–Kier alpha value is -1.77. The molecule has 0 aliphatic heterocycles. The van der Waals surface area contributed by atoms with Gasteiger partial charge in [0.2, 0.25) is 5.91 Å². The number of aliphatic hydroxyl groups excluding tert-OH is 1. The third-order valence-corrected chi connectivity index (χ3v) is 4.61. The summed E-state index contributed by atoms with van der Waals surface area (Å²) >= 11 is 3.02. The largest absolute Gasteiger partial charge is 0.480 e. The Morgan fingerprint density at radius 2 is 2.19 bits per heavy atom. The second-order valence-electron chi connectivity index (χ2n) is 4.27. The lowest BCUT2D eigenvalue weighted by Crippen LogP contribution is -2.42. The maximum Gasteiger partial charge on any atom is 0.326 e. The number of hydrogen-bond acceptors (Lipinski definition) is 6. The zero-order valence-electron chi connectivity index (χ0n) is 11.0. The second kappa shape index (κ2) is 7.30. The number of nitrogens with one attached hydrogen (secondary N) is 1. The van der Waals surface area contributed by atoms with Gasteiger partial charge in [-0.1, -0.05) is 6.07 Å². The van der Waals surface area contributed by atoms with Gasteiger partial charge in [-0.3, -0.25) is 4.79 Å². The van der Waals surface area contributed by atoms with Crippen LogP contribution in [0, 0.1) is 0 Å². The molecule has 112 valence electrons. The molecule has 1 amide bonds. The van der Waals surface area contributed by atoms with Gasteiger partial charge in [0, 0.05) is 18.4 Å². The number of aliphatic hydroxyl groups is 1. The normalized spacial score (nSPS) is 12.0. The van der Waals surface area contributed by atoms with Gasteiger partial charge in [0.15, 0.2) is 0 Å². The number of carbonyl (C=O) groups is 2. The zero-order chi connectivity index (χ0) is 15.2. The van der Waals surface area contributed by atoms with E-state index in [1.165, 1.54) is 11.3 Å². The first kappa shape index (κ1) is 15.6. The molecule has 2 heterocycles. The fourth-order valence-corrected chi connectivity index (χ4v) is 3.33. The Kier molecular flexibility index (Phi) is 5.43. The molecule has 2 aromatic rings. The molecule has 0 aliphatic carbocycles. The minimum atomic E-state index is -1.16. The van der Waals surface area contributed by atoms with Crippen molar-refractivity contribution in [1.82, 2.24) is 10.3 Å². The Morgan fingerprint density at radius 3 is 2.81 bits per heavy atom. The van der Waals surface area contributed by atoms with E-state index in [-0.39, 0.29) is 19.4 Å². The van der Waals surface area contributed by atoms with E-state index in [9.17, 15) is 9.59 Å². The highest BCUT2D eigenvalue weighted by atomic mass is 32.1. The standard InChI is InChI=1S/C13H14N2O4S2/c16-4-3-9(13(18)19)15-11(17)6-8-7-21-12(14-8)10-2-1-5-20-10/h1-2,5,7,9,16H,3-4,6H2,(H,15,17)(H,18,19). The highest BCUT2D eigenvalue weighted by molar-refractivity contribution is 7.20. The van der Waals surface area contributed by atoms with Gasteiger partial charge >= 0.3 is 5.97 Å². The first-order valence-corrected chi connectivity index (χ1v) is 7.97. The summed E-state index contributed by atoms with van der Waals surface area (Å²) in [7, 11) is 0. The summed E-state index contributed by atoms with van der Waals surface area (Å²) in [5, 5.41) is 24.6. The molecule has 2 rings (SSSR count). The lowest BCUT2D eigenvalue weighted by molar-refractivity contribution is -0.142. The average Bonchev–Trinajstić information content (AvgIpc) is 3.08. The van der Waals surface area contributed by atoms with E-state index in [1.807, 2.05) is 17.5 Å². The maximum atomic E-state index is 11.8. The number of thiophene rings is 1. The van der Waals surface area contributed by atoms with Crippen LogP contribution < -0.4 is 5.32 Å². The van der Waals surface area contributed by atoms with E-state index < -0.39 is 17.9 Å². The molecule has 6 nitrogen and oxygen atoms in total. The van der Waals surface area contributed by atoms with Crippen molar-refractivity contribution < 1.29 is 19.8 Å². The molecule has 0 saturated heterocycles. The summed E-state index contributed by atoms with van der Waals surface area (Å²) in [6.07, 6.45) is 0.00959. The number of carbonyl (C=O) groups excluding carboxylic acids is 1. The number of nitrogens with zero attached hydrogens (tertiary/aromatic N) is 1. The van der Waals surface area contributed by atoms with Crippen LogP contribution in [-0.2, 0) is 16.0 Å². The van der Waals surface area contributed by atoms with Crippen LogP contribution in [0.2, 0.25) is 0 Å².